The van der Waals surface area contributed by atoms with E-state index < -0.39 is 55.5 Å². The number of rotatable bonds is 6. The fourth-order valence-corrected chi connectivity index (χ4v) is 8.75. The van der Waals surface area contributed by atoms with Gasteiger partial charge in [-0.3, -0.25) is 23.7 Å². The minimum absolute atomic E-state index is 0.121. The van der Waals surface area contributed by atoms with Crippen LogP contribution in [0, 0.1) is 11.7 Å². The smallest absolute Gasteiger partial charge is 0.308 e. The van der Waals surface area contributed by atoms with Gasteiger partial charge in [0.05, 0.1) is 21.5 Å². The van der Waals surface area contributed by atoms with Crippen LogP contribution in [0.4, 0.5) is 15.8 Å². The number of nitrogens with two attached hydrogens (primary N) is 1. The standard InChI is InChI=1S/C28H20BrFN4O6S3/c29-15-3-1-14(2-4-15)21-22-23(26(37)34(25(22)36)18-9-5-16(30)6-10-18)41-27-24(21)42-28(38)33(27)13-20(35)32-17-7-11-19(12-8-17)43(31,39)40/h1-12,21-23H,13H2,(H,32,35)(H2,31,39,40)/t21-,22-,23+/m0/s1. The molecule has 2 aliphatic rings. The van der Waals surface area contributed by atoms with Crippen molar-refractivity contribution < 1.29 is 27.2 Å². The number of hydrogen-bond donors (Lipinski definition) is 2. The molecule has 43 heavy (non-hydrogen) atoms. The van der Waals surface area contributed by atoms with Crippen molar-refractivity contribution in [3.8, 4) is 0 Å². The first-order chi connectivity index (χ1) is 20.4. The first kappa shape index (κ1) is 29.4. The van der Waals surface area contributed by atoms with Crippen molar-refractivity contribution in [3.05, 3.63) is 103 Å². The molecule has 0 saturated carbocycles. The molecule has 3 atom stereocenters. The molecule has 3 heterocycles. The Morgan fingerprint density at radius 1 is 0.953 bits per heavy atom. The molecule has 10 nitrogen and oxygen atoms in total. The van der Waals surface area contributed by atoms with E-state index in [9.17, 15) is 32.0 Å². The molecule has 3 aromatic carbocycles. The molecule has 1 fully saturated rings. The summed E-state index contributed by atoms with van der Waals surface area (Å²) in [4.78, 5) is 54.9. The largest absolute Gasteiger partial charge is 0.325 e. The number of benzene rings is 3. The van der Waals surface area contributed by atoms with E-state index in [4.69, 9.17) is 5.14 Å². The van der Waals surface area contributed by atoms with Gasteiger partial charge in [-0.25, -0.2) is 22.8 Å². The van der Waals surface area contributed by atoms with Crippen molar-refractivity contribution in [2.45, 2.75) is 27.6 Å². The van der Waals surface area contributed by atoms with Crippen molar-refractivity contribution in [2.75, 3.05) is 10.2 Å². The second-order valence-corrected chi connectivity index (χ2v) is 14.4. The van der Waals surface area contributed by atoms with Crippen LogP contribution >= 0.6 is 39.0 Å². The van der Waals surface area contributed by atoms with Crippen LogP contribution in [0.25, 0.3) is 0 Å². The van der Waals surface area contributed by atoms with E-state index >= 15 is 0 Å². The summed E-state index contributed by atoms with van der Waals surface area (Å²) in [5, 5.41) is 7.27. The number of nitrogens with zero attached hydrogens (tertiary/aromatic N) is 2. The van der Waals surface area contributed by atoms with Gasteiger partial charge in [0.25, 0.3) is 0 Å². The first-order valence-electron chi connectivity index (χ1n) is 12.6. The normalized spacial score (nSPS) is 19.7. The fraction of sp³-hybridized carbons (Fsp3) is 0.143. The zero-order valence-electron chi connectivity index (χ0n) is 21.8. The molecule has 0 radical (unpaired) electrons. The average molecular weight is 704 g/mol. The molecule has 15 heteroatoms. The zero-order valence-corrected chi connectivity index (χ0v) is 25.8. The van der Waals surface area contributed by atoms with Gasteiger partial charge in [-0.2, -0.15) is 0 Å². The first-order valence-corrected chi connectivity index (χ1v) is 16.7. The molecule has 2 aliphatic heterocycles. The van der Waals surface area contributed by atoms with Gasteiger partial charge in [-0.1, -0.05) is 51.2 Å². The van der Waals surface area contributed by atoms with E-state index in [2.05, 4.69) is 21.2 Å². The lowest BCUT2D eigenvalue weighted by molar-refractivity contribution is -0.122. The van der Waals surface area contributed by atoms with Gasteiger partial charge in [0.2, 0.25) is 27.7 Å². The van der Waals surface area contributed by atoms with Crippen molar-refractivity contribution >= 4 is 78.1 Å². The van der Waals surface area contributed by atoms with Crippen LogP contribution in [0.1, 0.15) is 16.4 Å². The summed E-state index contributed by atoms with van der Waals surface area (Å²) in [5.74, 6) is -3.51. The van der Waals surface area contributed by atoms with Gasteiger partial charge in [-0.15, -0.1) is 0 Å². The molecule has 0 spiro atoms. The van der Waals surface area contributed by atoms with Gasteiger partial charge >= 0.3 is 4.87 Å². The van der Waals surface area contributed by atoms with E-state index in [0.717, 1.165) is 38.0 Å². The molecule has 220 valence electrons. The Hall–Kier alpha value is -3.63. The number of nitrogens with one attached hydrogen (secondary N) is 1. The number of thioether (sulfide) groups is 1. The molecule has 4 aromatic rings. The van der Waals surface area contributed by atoms with Crippen LogP contribution in [0.15, 0.2) is 92.0 Å². The minimum atomic E-state index is -3.91. The third-order valence-electron chi connectivity index (χ3n) is 7.13. The summed E-state index contributed by atoms with van der Waals surface area (Å²) in [5.41, 5.74) is 1.26. The number of imide groups is 1. The highest BCUT2D eigenvalue weighted by Crippen LogP contribution is 2.54. The van der Waals surface area contributed by atoms with Crippen molar-refractivity contribution in [1.82, 2.24) is 4.57 Å². The van der Waals surface area contributed by atoms with Crippen LogP contribution < -0.4 is 20.2 Å². The van der Waals surface area contributed by atoms with Gasteiger partial charge in [-0.05, 0) is 66.2 Å². The molecular weight excluding hydrogens is 683 g/mol. The summed E-state index contributed by atoms with van der Waals surface area (Å²) < 4.78 is 38.7. The van der Waals surface area contributed by atoms with E-state index in [-0.39, 0.29) is 17.1 Å². The number of halogens is 2. The van der Waals surface area contributed by atoms with Crippen molar-refractivity contribution in [2.24, 2.45) is 11.1 Å². The van der Waals surface area contributed by atoms with E-state index in [0.29, 0.717) is 15.6 Å². The summed E-state index contributed by atoms with van der Waals surface area (Å²) in [6.45, 7) is -0.386. The van der Waals surface area contributed by atoms with Crippen LogP contribution in [-0.2, 0) is 31.0 Å². The molecular formula is C28H20BrFN4O6S3. The third-order valence-corrected chi connectivity index (χ3v) is 11.2. The van der Waals surface area contributed by atoms with Gasteiger partial charge < -0.3 is 5.32 Å². The second-order valence-electron chi connectivity index (χ2n) is 9.82. The summed E-state index contributed by atoms with van der Waals surface area (Å²) in [7, 11) is -3.91. The van der Waals surface area contributed by atoms with Crippen LogP contribution in [0.3, 0.4) is 0 Å². The number of carbonyl (C=O) groups excluding carboxylic acids is 3. The molecule has 0 aliphatic carbocycles. The summed E-state index contributed by atoms with van der Waals surface area (Å²) >= 11 is 5.38. The lowest BCUT2D eigenvalue weighted by atomic mass is 9.83. The maximum Gasteiger partial charge on any atom is 0.308 e. The number of aromatic nitrogens is 1. The highest BCUT2D eigenvalue weighted by molar-refractivity contribution is 9.10. The number of anilines is 2. The van der Waals surface area contributed by atoms with Gasteiger partial charge in [0.15, 0.2) is 0 Å². The molecule has 3 amide bonds. The Kier molecular flexibility index (Phi) is 7.62. The van der Waals surface area contributed by atoms with E-state index in [1.54, 1.807) is 12.1 Å². The molecule has 3 N–H and O–H groups in total. The molecule has 6 rings (SSSR count). The third kappa shape index (κ3) is 5.47. The topological polar surface area (TPSA) is 149 Å². The Bertz CT molecular complexity index is 1940. The van der Waals surface area contributed by atoms with Crippen molar-refractivity contribution in [3.63, 3.8) is 0 Å². The highest BCUT2D eigenvalue weighted by atomic mass is 79.9. The number of carbonyl (C=O) groups is 3. The quantitative estimate of drug-likeness (QED) is 0.290. The van der Waals surface area contributed by atoms with Crippen LogP contribution in [0.2, 0.25) is 0 Å². The zero-order chi connectivity index (χ0) is 30.6. The number of hydrogen-bond acceptors (Lipinski definition) is 8. The molecule has 0 bridgehead atoms. The number of sulfonamides is 1. The Balaban J connectivity index is 1.36. The molecule has 1 saturated heterocycles. The van der Waals surface area contributed by atoms with Crippen LogP contribution in [0.5, 0.6) is 0 Å². The van der Waals surface area contributed by atoms with Crippen molar-refractivity contribution in [1.29, 1.82) is 0 Å². The summed E-state index contributed by atoms with van der Waals surface area (Å²) in [6, 6.07) is 17.6. The fourth-order valence-electron chi connectivity index (χ4n) is 5.20. The number of primary sulfonamides is 1. The monoisotopic (exact) mass is 702 g/mol. The van der Waals surface area contributed by atoms with Gasteiger partial charge in [0, 0.05) is 21.0 Å². The van der Waals surface area contributed by atoms with E-state index in [1.807, 2.05) is 12.1 Å². The molecule has 0 unspecified atom stereocenters. The van der Waals surface area contributed by atoms with Crippen LogP contribution in [-0.4, -0.2) is 36.0 Å². The molecule has 1 aromatic heterocycles. The minimum Gasteiger partial charge on any atom is -0.325 e. The predicted molar refractivity (Wildman–Crippen MR) is 163 cm³/mol. The number of thiazole rings is 1. The van der Waals surface area contributed by atoms with E-state index in [1.165, 1.54) is 53.1 Å². The lowest BCUT2D eigenvalue weighted by Gasteiger charge is -2.30. The second kappa shape index (κ2) is 11.1. The Morgan fingerprint density at radius 3 is 2.23 bits per heavy atom. The summed E-state index contributed by atoms with van der Waals surface area (Å²) in [6.07, 6.45) is 0. The maximum absolute atomic E-state index is 13.9. The van der Waals surface area contributed by atoms with Gasteiger partial charge in [0.1, 0.15) is 17.6 Å². The highest BCUT2D eigenvalue weighted by Gasteiger charge is 2.56. The SMILES string of the molecule is NS(=O)(=O)c1ccc(NC(=O)Cn2c3c(sc2=O)[C@@H](c2ccc(Br)cc2)[C@@H]2C(=O)N(c4ccc(F)cc4)C(=O)[C@@H]2S3)cc1. The Labute approximate surface area is 260 Å². The number of fused-ring (bicyclic) bond motifs is 2. The lowest BCUT2D eigenvalue weighted by Crippen LogP contribution is -2.33. The maximum atomic E-state index is 13.9. The Morgan fingerprint density at radius 2 is 1.60 bits per heavy atom. The average Bonchev–Trinajstić information content (AvgIpc) is 3.40. The number of amides is 3. The predicted octanol–water partition coefficient (Wildman–Crippen LogP) is 3.89.